The van der Waals surface area contributed by atoms with Gasteiger partial charge < -0.3 is 20.6 Å². The van der Waals surface area contributed by atoms with Gasteiger partial charge in [-0.25, -0.2) is 19.0 Å². The van der Waals surface area contributed by atoms with Gasteiger partial charge in [-0.1, -0.05) is 36.0 Å². The molecule has 11 heteroatoms. The van der Waals surface area contributed by atoms with E-state index in [4.69, 9.17) is 0 Å². The lowest BCUT2D eigenvalue weighted by Crippen LogP contribution is -2.30. The van der Waals surface area contributed by atoms with Crippen LogP contribution in [-0.4, -0.2) is 70.9 Å². The number of thioether (sulfide) groups is 1. The van der Waals surface area contributed by atoms with Crippen molar-refractivity contribution >= 4 is 28.7 Å². The van der Waals surface area contributed by atoms with Gasteiger partial charge >= 0.3 is 0 Å². The third-order valence-electron chi connectivity index (χ3n) is 6.47. The van der Waals surface area contributed by atoms with Crippen LogP contribution in [0.5, 0.6) is 0 Å². The van der Waals surface area contributed by atoms with Gasteiger partial charge in [-0.05, 0) is 37.0 Å². The van der Waals surface area contributed by atoms with Crippen molar-refractivity contribution in [2.45, 2.75) is 61.6 Å². The average Bonchev–Trinajstić information content (AvgIpc) is 3.35. The minimum atomic E-state index is -1.07. The standard InChI is InChI=1S/C22H27FN6O3S/c1-2-7-33-22-25-20(24-15-9-14(15)11-3-5-13(23)6-4-11)17-21(26-22)29(28-27-17)16-8-12(10-30)18(31)19(16)32/h3-6,12,14-16,18-19,30-32H,2,7-10H2,1H3,(H,24,25,26)/t12-,14?,15?,16-,18-,19+/m1/s1. The molecule has 0 aliphatic heterocycles. The predicted octanol–water partition coefficient (Wildman–Crippen LogP) is 2.11. The summed E-state index contributed by atoms with van der Waals surface area (Å²) in [5.41, 5.74) is 2.05. The van der Waals surface area contributed by atoms with E-state index in [1.54, 1.807) is 16.8 Å². The van der Waals surface area contributed by atoms with Crippen LogP contribution < -0.4 is 5.32 Å². The SMILES string of the molecule is CCCSc1nc(NC2CC2c2ccc(F)cc2)c2nnn([C@@H]3C[C@H](CO)[C@@H](O)[C@H]3O)c2n1. The molecule has 2 aliphatic carbocycles. The van der Waals surface area contributed by atoms with Crippen molar-refractivity contribution in [1.29, 1.82) is 0 Å². The summed E-state index contributed by atoms with van der Waals surface area (Å²) in [5.74, 6) is 1.01. The Labute approximate surface area is 194 Å². The van der Waals surface area contributed by atoms with Crippen LogP contribution in [0.3, 0.4) is 0 Å². The van der Waals surface area contributed by atoms with E-state index in [2.05, 4.69) is 32.5 Å². The molecule has 176 valence electrons. The first kappa shape index (κ1) is 22.5. The maximum Gasteiger partial charge on any atom is 0.191 e. The minimum absolute atomic E-state index is 0.139. The number of aliphatic hydroxyl groups is 3. The molecule has 0 spiro atoms. The van der Waals surface area contributed by atoms with Crippen LogP contribution in [0.1, 0.15) is 43.7 Å². The second-order valence-electron chi connectivity index (χ2n) is 8.78. The van der Waals surface area contributed by atoms with E-state index >= 15 is 0 Å². The minimum Gasteiger partial charge on any atom is -0.396 e. The molecule has 0 radical (unpaired) electrons. The van der Waals surface area contributed by atoms with Crippen LogP contribution in [0.15, 0.2) is 29.4 Å². The number of halogens is 1. The van der Waals surface area contributed by atoms with Gasteiger partial charge in [0.25, 0.3) is 0 Å². The molecule has 6 atom stereocenters. The molecule has 2 saturated carbocycles. The molecule has 2 aromatic heterocycles. The summed E-state index contributed by atoms with van der Waals surface area (Å²) in [6.07, 6.45) is 0.130. The molecule has 4 N–H and O–H groups in total. The lowest BCUT2D eigenvalue weighted by molar-refractivity contribution is -0.00512. The van der Waals surface area contributed by atoms with Gasteiger partial charge in [0.1, 0.15) is 11.9 Å². The predicted molar refractivity (Wildman–Crippen MR) is 122 cm³/mol. The molecule has 0 bridgehead atoms. The first-order valence-corrected chi connectivity index (χ1v) is 12.2. The van der Waals surface area contributed by atoms with E-state index in [-0.39, 0.29) is 24.4 Å². The lowest BCUT2D eigenvalue weighted by Gasteiger charge is -2.17. The Balaban J connectivity index is 1.45. The van der Waals surface area contributed by atoms with E-state index in [1.165, 1.54) is 23.9 Å². The summed E-state index contributed by atoms with van der Waals surface area (Å²) in [6, 6.07) is 6.15. The zero-order valence-electron chi connectivity index (χ0n) is 18.2. The topological polar surface area (TPSA) is 129 Å². The maximum absolute atomic E-state index is 13.3. The molecule has 3 aromatic rings. The van der Waals surface area contributed by atoms with Crippen LogP contribution in [0.4, 0.5) is 10.2 Å². The van der Waals surface area contributed by atoms with Crippen LogP contribution in [0.25, 0.3) is 11.2 Å². The molecule has 0 amide bonds. The second kappa shape index (κ2) is 9.13. The monoisotopic (exact) mass is 474 g/mol. The molecule has 2 fully saturated rings. The Bertz CT molecular complexity index is 1130. The molecule has 2 heterocycles. The highest BCUT2D eigenvalue weighted by molar-refractivity contribution is 7.99. The summed E-state index contributed by atoms with van der Waals surface area (Å²) in [6.45, 7) is 1.87. The van der Waals surface area contributed by atoms with Crippen molar-refractivity contribution in [3.8, 4) is 0 Å². The largest absolute Gasteiger partial charge is 0.396 e. The van der Waals surface area contributed by atoms with Gasteiger partial charge in [0, 0.05) is 30.2 Å². The van der Waals surface area contributed by atoms with Crippen molar-refractivity contribution in [3.63, 3.8) is 0 Å². The Morgan fingerprint density at radius 1 is 1.15 bits per heavy atom. The van der Waals surface area contributed by atoms with Gasteiger partial charge in [0.05, 0.1) is 12.1 Å². The summed E-state index contributed by atoms with van der Waals surface area (Å²) in [7, 11) is 0. The highest BCUT2D eigenvalue weighted by Crippen LogP contribution is 2.44. The summed E-state index contributed by atoms with van der Waals surface area (Å²) < 4.78 is 14.8. The number of benzene rings is 1. The van der Waals surface area contributed by atoms with Gasteiger partial charge in [0.15, 0.2) is 22.1 Å². The normalized spacial score (nSPS) is 29.0. The molecule has 1 aromatic carbocycles. The van der Waals surface area contributed by atoms with E-state index in [1.807, 2.05) is 0 Å². The van der Waals surface area contributed by atoms with Crippen molar-refractivity contribution in [2.24, 2.45) is 5.92 Å². The summed E-state index contributed by atoms with van der Waals surface area (Å²) in [4.78, 5) is 9.33. The number of aromatic nitrogens is 5. The number of hydrogen-bond donors (Lipinski definition) is 4. The molecule has 2 aliphatic rings. The average molecular weight is 475 g/mol. The van der Waals surface area contributed by atoms with Crippen LogP contribution >= 0.6 is 11.8 Å². The zero-order valence-corrected chi connectivity index (χ0v) is 19.0. The number of nitrogens with one attached hydrogen (secondary N) is 1. The molecule has 5 rings (SSSR count). The summed E-state index contributed by atoms with van der Waals surface area (Å²) in [5, 5.41) is 42.9. The van der Waals surface area contributed by atoms with Crippen LogP contribution in [0.2, 0.25) is 0 Å². The molecular formula is C22H27FN6O3S. The maximum atomic E-state index is 13.3. The Kier molecular flexibility index (Phi) is 6.21. The molecule has 0 saturated heterocycles. The second-order valence-corrected chi connectivity index (χ2v) is 9.84. The van der Waals surface area contributed by atoms with Gasteiger partial charge in [-0.3, -0.25) is 0 Å². The van der Waals surface area contributed by atoms with Crippen molar-refractivity contribution in [1.82, 2.24) is 25.0 Å². The number of hydrogen-bond acceptors (Lipinski definition) is 9. The smallest absolute Gasteiger partial charge is 0.191 e. The number of nitrogens with zero attached hydrogens (tertiary/aromatic N) is 5. The third kappa shape index (κ3) is 4.30. The van der Waals surface area contributed by atoms with Crippen molar-refractivity contribution < 1.29 is 19.7 Å². The Hall–Kier alpha value is -2.34. The Morgan fingerprint density at radius 3 is 2.64 bits per heavy atom. The lowest BCUT2D eigenvalue weighted by atomic mass is 10.1. The highest BCUT2D eigenvalue weighted by Gasteiger charge is 2.44. The van der Waals surface area contributed by atoms with Crippen LogP contribution in [-0.2, 0) is 0 Å². The fraction of sp³-hybridized carbons (Fsp3) is 0.545. The first-order chi connectivity index (χ1) is 16.0. The van der Waals surface area contributed by atoms with Crippen molar-refractivity contribution in [3.05, 3.63) is 35.6 Å². The van der Waals surface area contributed by atoms with Crippen LogP contribution in [0, 0.1) is 11.7 Å². The van der Waals surface area contributed by atoms with E-state index < -0.39 is 24.2 Å². The van der Waals surface area contributed by atoms with E-state index in [9.17, 15) is 19.7 Å². The molecular weight excluding hydrogens is 447 g/mol. The third-order valence-corrected chi connectivity index (χ3v) is 7.52. The molecule has 33 heavy (non-hydrogen) atoms. The quantitative estimate of drug-likeness (QED) is 0.286. The molecule has 9 nitrogen and oxygen atoms in total. The highest BCUT2D eigenvalue weighted by atomic mass is 32.2. The molecule has 2 unspecified atom stereocenters. The Morgan fingerprint density at radius 2 is 1.94 bits per heavy atom. The fourth-order valence-electron chi connectivity index (χ4n) is 4.52. The van der Waals surface area contributed by atoms with Crippen molar-refractivity contribution in [2.75, 3.05) is 17.7 Å². The zero-order chi connectivity index (χ0) is 23.1. The van der Waals surface area contributed by atoms with Gasteiger partial charge in [-0.15, -0.1) is 5.10 Å². The van der Waals surface area contributed by atoms with E-state index in [0.717, 1.165) is 24.2 Å². The summed E-state index contributed by atoms with van der Waals surface area (Å²) >= 11 is 1.53. The number of aliphatic hydroxyl groups excluding tert-OH is 3. The number of anilines is 1. The fourth-order valence-corrected chi connectivity index (χ4v) is 5.22. The number of fused-ring (bicyclic) bond motifs is 1. The number of rotatable bonds is 8. The van der Waals surface area contributed by atoms with Gasteiger partial charge in [-0.2, -0.15) is 0 Å². The van der Waals surface area contributed by atoms with Gasteiger partial charge in [0.2, 0.25) is 0 Å². The van der Waals surface area contributed by atoms with E-state index in [0.29, 0.717) is 28.6 Å². The first-order valence-electron chi connectivity index (χ1n) is 11.2.